The quantitative estimate of drug-likeness (QED) is 0.759. The summed E-state index contributed by atoms with van der Waals surface area (Å²) in [6.07, 6.45) is 5.74. The average Bonchev–Trinajstić information content (AvgIpc) is 3.26. The number of aromatic nitrogens is 6. The van der Waals surface area contributed by atoms with Crippen molar-refractivity contribution in [3.8, 4) is 0 Å². The van der Waals surface area contributed by atoms with Crippen molar-refractivity contribution in [1.29, 1.82) is 0 Å². The van der Waals surface area contributed by atoms with E-state index in [0.29, 0.717) is 0 Å². The van der Waals surface area contributed by atoms with Gasteiger partial charge in [0.2, 0.25) is 0 Å². The highest BCUT2D eigenvalue weighted by atomic mass is 16.3. The number of aliphatic hydroxyl groups excluding tert-OH is 1. The summed E-state index contributed by atoms with van der Waals surface area (Å²) in [7, 11) is 3.80. The predicted molar refractivity (Wildman–Crippen MR) is 89.8 cm³/mol. The van der Waals surface area contributed by atoms with Gasteiger partial charge in [0.15, 0.2) is 5.65 Å². The van der Waals surface area contributed by atoms with Crippen LogP contribution in [0.5, 0.6) is 0 Å². The van der Waals surface area contributed by atoms with Gasteiger partial charge in [-0.1, -0.05) is 0 Å². The molecule has 1 saturated heterocycles. The molecule has 0 saturated carbocycles. The van der Waals surface area contributed by atoms with E-state index in [1.54, 1.807) is 9.36 Å². The minimum absolute atomic E-state index is 0.149. The Morgan fingerprint density at radius 1 is 1.17 bits per heavy atom. The first-order chi connectivity index (χ1) is 11.6. The van der Waals surface area contributed by atoms with Gasteiger partial charge in [0.25, 0.3) is 0 Å². The van der Waals surface area contributed by atoms with E-state index in [1.165, 1.54) is 0 Å². The molecule has 1 aliphatic heterocycles. The van der Waals surface area contributed by atoms with Gasteiger partial charge in [-0.3, -0.25) is 9.36 Å². The normalized spacial score (nSPS) is 21.1. The monoisotopic (exact) mass is 327 g/mol. The molecule has 0 amide bonds. The summed E-state index contributed by atoms with van der Waals surface area (Å²) >= 11 is 0. The molecule has 1 fully saturated rings. The molecule has 0 aliphatic carbocycles. The molecule has 0 bridgehead atoms. The van der Waals surface area contributed by atoms with Gasteiger partial charge >= 0.3 is 0 Å². The van der Waals surface area contributed by atoms with E-state index < -0.39 is 0 Å². The number of aryl methyl sites for hydroxylation is 3. The van der Waals surface area contributed by atoms with Crippen LogP contribution in [-0.4, -0.2) is 54.3 Å². The highest BCUT2D eigenvalue weighted by molar-refractivity contribution is 5.87. The lowest BCUT2D eigenvalue weighted by molar-refractivity contribution is 0.227. The summed E-state index contributed by atoms with van der Waals surface area (Å²) in [6, 6.07) is 0. The lowest BCUT2D eigenvalue weighted by Crippen LogP contribution is -2.22. The largest absolute Gasteiger partial charge is 0.396 e. The number of aliphatic hydroxyl groups is 1. The van der Waals surface area contributed by atoms with Crippen LogP contribution in [0.3, 0.4) is 0 Å². The second-order valence-corrected chi connectivity index (χ2v) is 6.50. The Hall–Kier alpha value is -2.48. The van der Waals surface area contributed by atoms with E-state index in [1.807, 2.05) is 39.6 Å². The summed E-state index contributed by atoms with van der Waals surface area (Å²) in [6.45, 7) is 3.61. The van der Waals surface area contributed by atoms with Crippen molar-refractivity contribution >= 4 is 16.9 Å². The zero-order chi connectivity index (χ0) is 16.8. The van der Waals surface area contributed by atoms with Crippen LogP contribution < -0.4 is 4.90 Å². The summed E-state index contributed by atoms with van der Waals surface area (Å²) < 4.78 is 3.58. The van der Waals surface area contributed by atoms with Crippen molar-refractivity contribution in [1.82, 2.24) is 29.5 Å². The van der Waals surface area contributed by atoms with Crippen molar-refractivity contribution < 1.29 is 5.11 Å². The Morgan fingerprint density at radius 3 is 2.71 bits per heavy atom. The molecule has 2 atom stereocenters. The van der Waals surface area contributed by atoms with E-state index >= 15 is 0 Å². The SMILES string of the molecule is Cc1nc(N2C[C@@H](CO)[C@H](c3cnn(C)c3)C2)c2cnn(C)c2n1. The second-order valence-electron chi connectivity index (χ2n) is 6.50. The van der Waals surface area contributed by atoms with E-state index in [2.05, 4.69) is 25.1 Å². The van der Waals surface area contributed by atoms with Gasteiger partial charge < -0.3 is 10.0 Å². The maximum atomic E-state index is 9.84. The lowest BCUT2D eigenvalue weighted by atomic mass is 9.92. The van der Waals surface area contributed by atoms with E-state index in [9.17, 15) is 5.11 Å². The van der Waals surface area contributed by atoms with Crippen LogP contribution in [0.4, 0.5) is 5.82 Å². The first-order valence-electron chi connectivity index (χ1n) is 8.07. The molecule has 126 valence electrons. The number of hydrogen-bond acceptors (Lipinski definition) is 6. The highest BCUT2D eigenvalue weighted by Gasteiger charge is 2.35. The van der Waals surface area contributed by atoms with Gasteiger partial charge in [0.1, 0.15) is 11.6 Å². The van der Waals surface area contributed by atoms with Gasteiger partial charge in [-0.05, 0) is 12.5 Å². The maximum Gasteiger partial charge on any atom is 0.163 e. The summed E-state index contributed by atoms with van der Waals surface area (Å²) in [5.41, 5.74) is 2.00. The molecule has 3 aromatic rings. The van der Waals surface area contributed by atoms with Gasteiger partial charge in [-0.25, -0.2) is 9.97 Å². The molecule has 8 nitrogen and oxygen atoms in total. The summed E-state index contributed by atoms with van der Waals surface area (Å²) in [5, 5.41) is 19.4. The first-order valence-corrected chi connectivity index (χ1v) is 8.07. The Balaban J connectivity index is 1.73. The molecule has 24 heavy (non-hydrogen) atoms. The zero-order valence-corrected chi connectivity index (χ0v) is 14.1. The molecule has 0 aromatic carbocycles. The second kappa shape index (κ2) is 5.55. The molecule has 4 rings (SSSR count). The fourth-order valence-electron chi connectivity index (χ4n) is 3.59. The van der Waals surface area contributed by atoms with Crippen LogP contribution in [0, 0.1) is 12.8 Å². The number of nitrogens with zero attached hydrogens (tertiary/aromatic N) is 7. The Morgan fingerprint density at radius 2 is 2.00 bits per heavy atom. The fraction of sp³-hybridized carbons (Fsp3) is 0.500. The van der Waals surface area contributed by atoms with Crippen LogP contribution in [0.25, 0.3) is 11.0 Å². The zero-order valence-electron chi connectivity index (χ0n) is 14.1. The number of fused-ring (bicyclic) bond motifs is 1. The molecule has 4 heterocycles. The number of hydrogen-bond donors (Lipinski definition) is 1. The topological polar surface area (TPSA) is 84.9 Å². The van der Waals surface area contributed by atoms with E-state index in [-0.39, 0.29) is 18.4 Å². The van der Waals surface area contributed by atoms with E-state index in [0.717, 1.165) is 41.3 Å². The van der Waals surface area contributed by atoms with Crippen LogP contribution in [0.2, 0.25) is 0 Å². The summed E-state index contributed by atoms with van der Waals surface area (Å²) in [4.78, 5) is 11.4. The molecular weight excluding hydrogens is 306 g/mol. The van der Waals surface area contributed by atoms with Crippen molar-refractivity contribution in [2.45, 2.75) is 12.8 Å². The molecule has 8 heteroatoms. The standard InChI is InChI=1S/C16H21N7O/c1-10-19-15-13(5-18-22(15)3)16(20-10)23-7-12(9-24)14(8-23)11-4-17-21(2)6-11/h4-6,12,14,24H,7-9H2,1-3H3/t12-,14-/m0/s1. The van der Waals surface area contributed by atoms with Gasteiger partial charge in [-0.15, -0.1) is 0 Å². The lowest BCUT2D eigenvalue weighted by Gasteiger charge is -2.18. The molecular formula is C16H21N7O. The van der Waals surface area contributed by atoms with Crippen LogP contribution in [-0.2, 0) is 14.1 Å². The minimum Gasteiger partial charge on any atom is -0.396 e. The van der Waals surface area contributed by atoms with Crippen molar-refractivity contribution in [2.24, 2.45) is 20.0 Å². The third-order valence-corrected chi connectivity index (χ3v) is 4.81. The fourth-order valence-corrected chi connectivity index (χ4v) is 3.59. The average molecular weight is 327 g/mol. The van der Waals surface area contributed by atoms with Crippen LogP contribution >= 0.6 is 0 Å². The van der Waals surface area contributed by atoms with E-state index in [4.69, 9.17) is 0 Å². The number of anilines is 1. The first kappa shape index (κ1) is 15.1. The predicted octanol–water partition coefficient (Wildman–Crippen LogP) is 0.618. The van der Waals surface area contributed by atoms with Crippen LogP contribution in [0.15, 0.2) is 18.6 Å². The molecule has 0 radical (unpaired) electrons. The van der Waals surface area contributed by atoms with Crippen LogP contribution in [0.1, 0.15) is 17.3 Å². The molecule has 1 N–H and O–H groups in total. The summed E-state index contributed by atoms with van der Waals surface area (Å²) in [5.74, 6) is 2.03. The molecule has 0 unspecified atom stereocenters. The van der Waals surface area contributed by atoms with Crippen molar-refractivity contribution in [2.75, 3.05) is 24.6 Å². The van der Waals surface area contributed by atoms with Gasteiger partial charge in [0.05, 0.1) is 17.8 Å². The Labute approximate surface area is 139 Å². The molecule has 1 aliphatic rings. The minimum atomic E-state index is 0.149. The van der Waals surface area contributed by atoms with Gasteiger partial charge in [-0.2, -0.15) is 10.2 Å². The Kier molecular flexibility index (Phi) is 3.49. The van der Waals surface area contributed by atoms with Crippen molar-refractivity contribution in [3.05, 3.63) is 30.0 Å². The van der Waals surface area contributed by atoms with Crippen molar-refractivity contribution in [3.63, 3.8) is 0 Å². The number of rotatable bonds is 3. The van der Waals surface area contributed by atoms with Gasteiger partial charge in [0, 0.05) is 51.8 Å². The molecule has 0 spiro atoms. The smallest absolute Gasteiger partial charge is 0.163 e. The molecule has 3 aromatic heterocycles. The third-order valence-electron chi connectivity index (χ3n) is 4.81. The highest BCUT2D eigenvalue weighted by Crippen LogP contribution is 2.36. The Bertz CT molecular complexity index is 884. The third kappa shape index (κ3) is 2.34. The maximum absolute atomic E-state index is 9.84.